The molecule has 4 rings (SSSR count). The predicted octanol–water partition coefficient (Wildman–Crippen LogP) is 5.78. The van der Waals surface area contributed by atoms with Crippen LogP contribution in [0.5, 0.6) is 5.75 Å². The number of rotatable bonds is 4. The summed E-state index contributed by atoms with van der Waals surface area (Å²) in [5.74, 6) is 0.459. The van der Waals surface area contributed by atoms with Crippen LogP contribution in [0.4, 0.5) is 13.2 Å². The number of benzene rings is 3. The molecule has 4 aromatic rings. The summed E-state index contributed by atoms with van der Waals surface area (Å²) in [6.07, 6.45) is -4.39. The van der Waals surface area contributed by atoms with Gasteiger partial charge >= 0.3 is 6.18 Å². The molecule has 0 unspecified atom stereocenters. The van der Waals surface area contributed by atoms with Crippen LogP contribution in [-0.2, 0) is 12.8 Å². The van der Waals surface area contributed by atoms with Gasteiger partial charge in [-0.2, -0.15) is 13.2 Å². The van der Waals surface area contributed by atoms with Gasteiger partial charge in [-0.3, -0.25) is 0 Å². The quantitative estimate of drug-likeness (QED) is 0.398. The molecule has 28 heavy (non-hydrogen) atoms. The molecule has 0 fully saturated rings. The van der Waals surface area contributed by atoms with Gasteiger partial charge in [0.25, 0.3) is 0 Å². The SMILES string of the molecule is FC(F)(F)c1cccc(COc2ccc(Br)cc2-n2nc3ccccc3n2)c1. The van der Waals surface area contributed by atoms with Crippen LogP contribution in [0.25, 0.3) is 16.7 Å². The second-order valence-corrected chi connectivity index (χ2v) is 6.99. The molecule has 1 heterocycles. The van der Waals surface area contributed by atoms with Crippen LogP contribution in [0.15, 0.2) is 71.2 Å². The smallest absolute Gasteiger partial charge is 0.416 e. The van der Waals surface area contributed by atoms with Crippen LogP contribution in [0, 0.1) is 0 Å². The van der Waals surface area contributed by atoms with E-state index in [0.29, 0.717) is 17.0 Å². The summed E-state index contributed by atoms with van der Waals surface area (Å²) in [5.41, 5.74) is 1.75. The Balaban J connectivity index is 1.64. The number of fused-ring (bicyclic) bond motifs is 1. The summed E-state index contributed by atoms with van der Waals surface area (Å²) in [4.78, 5) is 1.46. The summed E-state index contributed by atoms with van der Waals surface area (Å²) in [5, 5.41) is 8.88. The van der Waals surface area contributed by atoms with Crippen molar-refractivity contribution in [2.24, 2.45) is 0 Å². The minimum atomic E-state index is -4.39. The lowest BCUT2D eigenvalue weighted by molar-refractivity contribution is -0.137. The molecule has 0 atom stereocenters. The molecule has 3 aromatic carbocycles. The first kappa shape index (κ1) is 18.5. The summed E-state index contributed by atoms with van der Waals surface area (Å²) in [7, 11) is 0. The first-order valence-electron chi connectivity index (χ1n) is 8.31. The van der Waals surface area contributed by atoms with Crippen molar-refractivity contribution in [1.82, 2.24) is 15.0 Å². The van der Waals surface area contributed by atoms with Gasteiger partial charge in [-0.1, -0.05) is 40.2 Å². The van der Waals surface area contributed by atoms with E-state index in [2.05, 4.69) is 26.1 Å². The molecule has 0 radical (unpaired) electrons. The maximum atomic E-state index is 12.9. The van der Waals surface area contributed by atoms with Gasteiger partial charge in [-0.05, 0) is 48.0 Å². The second kappa shape index (κ2) is 7.27. The van der Waals surface area contributed by atoms with Crippen molar-refractivity contribution in [2.75, 3.05) is 0 Å². The van der Waals surface area contributed by atoms with Crippen molar-refractivity contribution in [1.29, 1.82) is 0 Å². The predicted molar refractivity (Wildman–Crippen MR) is 102 cm³/mol. The number of nitrogens with zero attached hydrogens (tertiary/aromatic N) is 3. The highest BCUT2D eigenvalue weighted by Crippen LogP contribution is 2.31. The molecule has 0 saturated carbocycles. The van der Waals surface area contributed by atoms with Gasteiger partial charge in [0.2, 0.25) is 0 Å². The van der Waals surface area contributed by atoms with Crippen LogP contribution in [-0.4, -0.2) is 15.0 Å². The third-order valence-electron chi connectivity index (χ3n) is 4.07. The summed E-state index contributed by atoms with van der Waals surface area (Å²) in [6.45, 7) is -0.0145. The molecule has 142 valence electrons. The molecule has 8 heteroatoms. The Morgan fingerprint density at radius 3 is 2.29 bits per heavy atom. The fourth-order valence-corrected chi connectivity index (χ4v) is 3.08. The van der Waals surface area contributed by atoms with E-state index in [0.717, 1.165) is 27.6 Å². The maximum absolute atomic E-state index is 12.9. The largest absolute Gasteiger partial charge is 0.487 e. The Kier molecular flexibility index (Phi) is 4.80. The van der Waals surface area contributed by atoms with Crippen molar-refractivity contribution in [2.45, 2.75) is 12.8 Å². The molecule has 0 aliphatic rings. The van der Waals surface area contributed by atoms with E-state index in [1.165, 1.54) is 10.9 Å². The Morgan fingerprint density at radius 1 is 0.893 bits per heavy atom. The van der Waals surface area contributed by atoms with E-state index in [4.69, 9.17) is 4.74 Å². The zero-order valence-electron chi connectivity index (χ0n) is 14.3. The first-order valence-corrected chi connectivity index (χ1v) is 9.10. The molecule has 0 aliphatic heterocycles. The van der Waals surface area contributed by atoms with Crippen LogP contribution < -0.4 is 4.74 Å². The second-order valence-electron chi connectivity index (χ2n) is 6.08. The molecule has 0 amide bonds. The lowest BCUT2D eigenvalue weighted by Crippen LogP contribution is -2.07. The van der Waals surface area contributed by atoms with E-state index in [9.17, 15) is 13.2 Å². The van der Waals surface area contributed by atoms with Gasteiger partial charge < -0.3 is 4.74 Å². The van der Waals surface area contributed by atoms with Crippen molar-refractivity contribution >= 4 is 27.0 Å². The molecule has 1 aromatic heterocycles. The minimum Gasteiger partial charge on any atom is -0.487 e. The molecule has 0 saturated heterocycles. The number of alkyl halides is 3. The third kappa shape index (κ3) is 3.87. The average Bonchev–Trinajstić information content (AvgIpc) is 3.10. The molecule has 0 N–H and O–H groups in total. The zero-order chi connectivity index (χ0) is 19.7. The van der Waals surface area contributed by atoms with Gasteiger partial charge in [-0.25, -0.2) is 0 Å². The van der Waals surface area contributed by atoms with Crippen molar-refractivity contribution < 1.29 is 17.9 Å². The van der Waals surface area contributed by atoms with E-state index in [1.54, 1.807) is 24.3 Å². The van der Waals surface area contributed by atoms with Gasteiger partial charge in [0.1, 0.15) is 29.1 Å². The van der Waals surface area contributed by atoms with Crippen molar-refractivity contribution in [3.63, 3.8) is 0 Å². The zero-order valence-corrected chi connectivity index (χ0v) is 15.9. The summed E-state index contributed by atoms with van der Waals surface area (Å²) >= 11 is 3.42. The monoisotopic (exact) mass is 447 g/mol. The Morgan fingerprint density at radius 2 is 1.61 bits per heavy atom. The molecule has 0 aliphatic carbocycles. The highest BCUT2D eigenvalue weighted by Gasteiger charge is 2.30. The molecular formula is C20H13BrF3N3O. The number of ether oxygens (including phenoxy) is 1. The number of hydrogen-bond donors (Lipinski definition) is 0. The molecular weight excluding hydrogens is 435 g/mol. The highest BCUT2D eigenvalue weighted by atomic mass is 79.9. The summed E-state index contributed by atoms with van der Waals surface area (Å²) in [6, 6.07) is 17.8. The number of hydrogen-bond acceptors (Lipinski definition) is 3. The Bertz CT molecular complexity index is 1110. The maximum Gasteiger partial charge on any atom is 0.416 e. The lowest BCUT2D eigenvalue weighted by atomic mass is 10.1. The van der Waals surface area contributed by atoms with Crippen LogP contribution in [0.3, 0.4) is 0 Å². The van der Waals surface area contributed by atoms with Crippen molar-refractivity contribution in [3.8, 4) is 11.4 Å². The van der Waals surface area contributed by atoms with Gasteiger partial charge in [0, 0.05) is 4.47 Å². The lowest BCUT2D eigenvalue weighted by Gasteiger charge is -2.12. The third-order valence-corrected chi connectivity index (χ3v) is 4.56. The number of halogens is 4. The highest BCUT2D eigenvalue weighted by molar-refractivity contribution is 9.10. The van der Waals surface area contributed by atoms with Crippen LogP contribution in [0.1, 0.15) is 11.1 Å². The van der Waals surface area contributed by atoms with Crippen LogP contribution >= 0.6 is 15.9 Å². The topological polar surface area (TPSA) is 39.9 Å². The van der Waals surface area contributed by atoms with E-state index in [-0.39, 0.29) is 6.61 Å². The average molecular weight is 448 g/mol. The molecule has 4 nitrogen and oxygen atoms in total. The Labute approximate surface area is 166 Å². The van der Waals surface area contributed by atoms with Gasteiger partial charge in [0.05, 0.1) is 5.56 Å². The normalized spacial score (nSPS) is 11.7. The fourth-order valence-electron chi connectivity index (χ4n) is 2.73. The standard InChI is InChI=1S/C20H13BrF3N3O/c21-15-8-9-19(28-12-13-4-3-5-14(10-13)20(22,23)24)18(11-15)27-25-16-6-1-2-7-17(16)26-27/h1-11H,12H2. The molecule has 0 bridgehead atoms. The van der Waals surface area contributed by atoms with E-state index in [1.807, 2.05) is 24.3 Å². The van der Waals surface area contributed by atoms with E-state index < -0.39 is 11.7 Å². The number of aromatic nitrogens is 3. The fraction of sp³-hybridized carbons (Fsp3) is 0.100. The van der Waals surface area contributed by atoms with Gasteiger partial charge in [-0.15, -0.1) is 15.0 Å². The minimum absolute atomic E-state index is 0.0145. The van der Waals surface area contributed by atoms with Crippen LogP contribution in [0.2, 0.25) is 0 Å². The van der Waals surface area contributed by atoms with Gasteiger partial charge in [0.15, 0.2) is 0 Å². The Hall–Kier alpha value is -2.87. The van der Waals surface area contributed by atoms with E-state index >= 15 is 0 Å². The van der Waals surface area contributed by atoms with Crippen molar-refractivity contribution in [3.05, 3.63) is 82.3 Å². The molecule has 0 spiro atoms. The summed E-state index contributed by atoms with van der Waals surface area (Å²) < 4.78 is 45.3. The first-order chi connectivity index (χ1) is 13.4.